The first-order valence-electron chi connectivity index (χ1n) is 6.17. The summed E-state index contributed by atoms with van der Waals surface area (Å²) in [5.41, 5.74) is -0.231. The molecule has 0 saturated carbocycles. The molecule has 0 aliphatic rings. The Morgan fingerprint density at radius 2 is 1.73 bits per heavy atom. The summed E-state index contributed by atoms with van der Waals surface area (Å²) in [4.78, 5) is 0.408. The van der Waals surface area contributed by atoms with Gasteiger partial charge in [-0.15, -0.1) is 0 Å². The van der Waals surface area contributed by atoms with Crippen molar-refractivity contribution in [3.8, 4) is 0 Å². The smallest absolute Gasteiger partial charge is 0.372 e. The SMILES string of the molecule is Fc1ccc(CNC(=S)c2ccc(Br)cc2)cc1C(F)(F)F. The van der Waals surface area contributed by atoms with Crippen LogP contribution in [0.5, 0.6) is 0 Å². The van der Waals surface area contributed by atoms with E-state index in [0.717, 1.165) is 22.2 Å². The monoisotopic (exact) mass is 391 g/mol. The van der Waals surface area contributed by atoms with Crippen molar-refractivity contribution in [1.29, 1.82) is 0 Å². The maximum Gasteiger partial charge on any atom is 0.419 e. The van der Waals surface area contributed by atoms with Crippen molar-refractivity contribution in [1.82, 2.24) is 5.32 Å². The molecule has 116 valence electrons. The molecule has 0 bridgehead atoms. The first-order chi connectivity index (χ1) is 10.3. The number of alkyl halides is 3. The Balaban J connectivity index is 2.08. The van der Waals surface area contributed by atoms with Crippen molar-refractivity contribution in [3.63, 3.8) is 0 Å². The lowest BCUT2D eigenvalue weighted by Crippen LogP contribution is -2.22. The Labute approximate surface area is 138 Å². The lowest BCUT2D eigenvalue weighted by atomic mass is 10.1. The van der Waals surface area contributed by atoms with Crippen LogP contribution in [0.1, 0.15) is 16.7 Å². The third-order valence-corrected chi connectivity index (χ3v) is 3.80. The van der Waals surface area contributed by atoms with E-state index in [4.69, 9.17) is 12.2 Å². The van der Waals surface area contributed by atoms with Crippen molar-refractivity contribution < 1.29 is 17.6 Å². The molecule has 1 N–H and O–H groups in total. The summed E-state index contributed by atoms with van der Waals surface area (Å²) in [5, 5.41) is 2.86. The molecule has 0 amide bonds. The second kappa shape index (κ2) is 6.75. The molecule has 0 heterocycles. The van der Waals surface area contributed by atoms with Crippen LogP contribution >= 0.6 is 28.1 Å². The van der Waals surface area contributed by atoms with Crippen molar-refractivity contribution >= 4 is 33.1 Å². The van der Waals surface area contributed by atoms with Crippen molar-refractivity contribution in [3.05, 3.63) is 69.4 Å². The predicted molar refractivity (Wildman–Crippen MR) is 84.1 cm³/mol. The number of benzene rings is 2. The van der Waals surface area contributed by atoms with Crippen LogP contribution in [0.15, 0.2) is 46.9 Å². The molecule has 0 aliphatic heterocycles. The van der Waals surface area contributed by atoms with E-state index in [9.17, 15) is 17.6 Å². The highest BCUT2D eigenvalue weighted by Gasteiger charge is 2.34. The zero-order valence-electron chi connectivity index (χ0n) is 11.0. The zero-order chi connectivity index (χ0) is 16.3. The van der Waals surface area contributed by atoms with E-state index in [2.05, 4.69) is 21.2 Å². The molecule has 7 heteroatoms. The number of hydrogen-bond acceptors (Lipinski definition) is 1. The van der Waals surface area contributed by atoms with Gasteiger partial charge in [0.05, 0.1) is 5.56 Å². The standard InChI is InChI=1S/C15H10BrF4NS/c16-11-4-2-10(3-5-11)14(22)21-8-9-1-6-13(17)12(7-9)15(18,19)20/h1-7H,8H2,(H,21,22). The van der Waals surface area contributed by atoms with Crippen molar-refractivity contribution in [2.75, 3.05) is 0 Å². The quantitative estimate of drug-likeness (QED) is 0.578. The minimum atomic E-state index is -4.72. The summed E-state index contributed by atoms with van der Waals surface area (Å²) < 4.78 is 52.0. The molecular weight excluding hydrogens is 382 g/mol. The Hall–Kier alpha value is -1.47. The Kier molecular flexibility index (Phi) is 5.18. The summed E-state index contributed by atoms with van der Waals surface area (Å²) in [6.07, 6.45) is -4.72. The van der Waals surface area contributed by atoms with Gasteiger partial charge < -0.3 is 5.32 Å². The van der Waals surface area contributed by atoms with Crippen LogP contribution in [0, 0.1) is 5.82 Å². The minimum absolute atomic E-state index is 0.0816. The first-order valence-corrected chi connectivity index (χ1v) is 7.37. The molecular formula is C15H10BrF4NS. The van der Waals surface area contributed by atoms with Crippen LogP contribution in [0.25, 0.3) is 0 Å². The van der Waals surface area contributed by atoms with E-state index in [1.165, 1.54) is 6.07 Å². The predicted octanol–water partition coefficient (Wildman–Crippen LogP) is 5.07. The van der Waals surface area contributed by atoms with Crippen LogP contribution in [-0.2, 0) is 12.7 Å². The minimum Gasteiger partial charge on any atom is -0.372 e. The van der Waals surface area contributed by atoms with Gasteiger partial charge in [0.15, 0.2) is 0 Å². The lowest BCUT2D eigenvalue weighted by molar-refractivity contribution is -0.140. The highest BCUT2D eigenvalue weighted by molar-refractivity contribution is 9.10. The highest BCUT2D eigenvalue weighted by atomic mass is 79.9. The summed E-state index contributed by atoms with van der Waals surface area (Å²) in [6, 6.07) is 10.1. The van der Waals surface area contributed by atoms with Crippen LogP contribution in [0.3, 0.4) is 0 Å². The van der Waals surface area contributed by atoms with Gasteiger partial charge in [0.2, 0.25) is 0 Å². The van der Waals surface area contributed by atoms with E-state index in [0.29, 0.717) is 10.6 Å². The van der Waals surface area contributed by atoms with Crippen molar-refractivity contribution in [2.45, 2.75) is 12.7 Å². The van der Waals surface area contributed by atoms with Gasteiger partial charge in [0, 0.05) is 16.6 Å². The fraction of sp³-hybridized carbons (Fsp3) is 0.133. The Morgan fingerprint density at radius 1 is 1.09 bits per heavy atom. The van der Waals surface area contributed by atoms with Gasteiger partial charge in [-0.2, -0.15) is 13.2 Å². The zero-order valence-corrected chi connectivity index (χ0v) is 13.4. The van der Waals surface area contributed by atoms with Crippen LogP contribution in [-0.4, -0.2) is 4.99 Å². The Bertz CT molecular complexity index is 683. The molecule has 1 nitrogen and oxygen atoms in total. The largest absolute Gasteiger partial charge is 0.419 e. The highest BCUT2D eigenvalue weighted by Crippen LogP contribution is 2.31. The fourth-order valence-electron chi connectivity index (χ4n) is 1.79. The molecule has 2 rings (SSSR count). The van der Waals surface area contributed by atoms with Gasteiger partial charge in [-0.3, -0.25) is 0 Å². The normalized spacial score (nSPS) is 11.3. The molecule has 0 saturated heterocycles. The van der Waals surface area contributed by atoms with E-state index in [1.54, 1.807) is 12.1 Å². The first kappa shape index (κ1) is 16.9. The van der Waals surface area contributed by atoms with Gasteiger partial charge in [0.1, 0.15) is 10.8 Å². The molecule has 0 aliphatic carbocycles. The molecule has 0 aromatic heterocycles. The summed E-state index contributed by atoms with van der Waals surface area (Å²) in [6.45, 7) is 0.0816. The number of rotatable bonds is 3. The maximum atomic E-state index is 13.2. The van der Waals surface area contributed by atoms with Gasteiger partial charge in [-0.25, -0.2) is 4.39 Å². The van der Waals surface area contributed by atoms with Crippen LogP contribution < -0.4 is 5.32 Å². The van der Waals surface area contributed by atoms with Crippen LogP contribution in [0.2, 0.25) is 0 Å². The number of thiocarbonyl (C=S) groups is 1. The molecule has 0 radical (unpaired) electrons. The number of hydrogen-bond donors (Lipinski definition) is 1. The summed E-state index contributed by atoms with van der Waals surface area (Å²) in [5.74, 6) is -1.29. The topological polar surface area (TPSA) is 12.0 Å². The molecule has 0 unspecified atom stereocenters. The third kappa shape index (κ3) is 4.27. The van der Waals surface area contributed by atoms with Gasteiger partial charge in [0.25, 0.3) is 0 Å². The van der Waals surface area contributed by atoms with Gasteiger partial charge in [-0.05, 0) is 29.8 Å². The Morgan fingerprint density at radius 3 is 2.32 bits per heavy atom. The molecule has 22 heavy (non-hydrogen) atoms. The van der Waals surface area contributed by atoms with E-state index in [1.807, 2.05) is 12.1 Å². The van der Waals surface area contributed by atoms with Gasteiger partial charge >= 0.3 is 6.18 Å². The van der Waals surface area contributed by atoms with Crippen molar-refractivity contribution in [2.24, 2.45) is 0 Å². The summed E-state index contributed by atoms with van der Waals surface area (Å²) >= 11 is 8.47. The second-order valence-electron chi connectivity index (χ2n) is 4.50. The average Bonchev–Trinajstić information content (AvgIpc) is 2.45. The van der Waals surface area contributed by atoms with Gasteiger partial charge in [-0.1, -0.05) is 46.3 Å². The maximum absolute atomic E-state index is 13.2. The van der Waals surface area contributed by atoms with E-state index in [-0.39, 0.29) is 6.54 Å². The number of halogens is 5. The molecule has 0 fully saturated rings. The summed E-state index contributed by atoms with van der Waals surface area (Å²) in [7, 11) is 0. The van der Waals surface area contributed by atoms with E-state index >= 15 is 0 Å². The van der Waals surface area contributed by atoms with Crippen LogP contribution in [0.4, 0.5) is 17.6 Å². The average molecular weight is 392 g/mol. The molecule has 0 spiro atoms. The second-order valence-corrected chi connectivity index (χ2v) is 5.83. The lowest BCUT2D eigenvalue weighted by Gasteiger charge is -2.12. The van der Waals surface area contributed by atoms with E-state index < -0.39 is 17.6 Å². The fourth-order valence-corrected chi connectivity index (χ4v) is 2.26. The molecule has 0 atom stereocenters. The molecule has 2 aromatic carbocycles. The molecule has 2 aromatic rings. The third-order valence-electron chi connectivity index (χ3n) is 2.90. The number of nitrogens with one attached hydrogen (secondary N) is 1.